The molecule has 1 saturated carbocycles. The second-order valence-corrected chi connectivity index (χ2v) is 6.09. The SMILES string of the molecule is CC1NCCCC1NC(=O)C1(C)CCCCC1. The van der Waals surface area contributed by atoms with Gasteiger partial charge in [0, 0.05) is 17.5 Å². The van der Waals surface area contributed by atoms with Gasteiger partial charge in [-0.2, -0.15) is 0 Å². The molecule has 2 N–H and O–H groups in total. The van der Waals surface area contributed by atoms with Gasteiger partial charge in [0.1, 0.15) is 0 Å². The van der Waals surface area contributed by atoms with Crippen LogP contribution in [0.4, 0.5) is 0 Å². The van der Waals surface area contributed by atoms with Gasteiger partial charge in [-0.1, -0.05) is 26.2 Å². The molecule has 0 aromatic carbocycles. The van der Waals surface area contributed by atoms with Crippen molar-refractivity contribution in [2.75, 3.05) is 6.54 Å². The van der Waals surface area contributed by atoms with Crippen molar-refractivity contribution in [1.29, 1.82) is 0 Å². The number of carbonyl (C=O) groups excluding carboxylic acids is 1. The first kappa shape index (κ1) is 12.9. The summed E-state index contributed by atoms with van der Waals surface area (Å²) in [5, 5.41) is 6.72. The predicted octanol–water partition coefficient (Wildman–Crippen LogP) is 2.21. The lowest BCUT2D eigenvalue weighted by molar-refractivity contribution is -0.133. The van der Waals surface area contributed by atoms with Crippen LogP contribution in [-0.4, -0.2) is 24.5 Å². The number of piperidine rings is 1. The fourth-order valence-electron chi connectivity index (χ4n) is 3.14. The summed E-state index contributed by atoms with van der Waals surface area (Å²) in [5.41, 5.74) is -0.102. The molecule has 2 fully saturated rings. The monoisotopic (exact) mass is 238 g/mol. The van der Waals surface area contributed by atoms with Crippen LogP contribution in [0.3, 0.4) is 0 Å². The van der Waals surface area contributed by atoms with Crippen molar-refractivity contribution in [1.82, 2.24) is 10.6 Å². The molecule has 2 aliphatic rings. The van der Waals surface area contributed by atoms with Crippen molar-refractivity contribution in [2.24, 2.45) is 5.41 Å². The fourth-order valence-corrected chi connectivity index (χ4v) is 3.14. The summed E-state index contributed by atoms with van der Waals surface area (Å²) in [6.45, 7) is 5.40. The summed E-state index contributed by atoms with van der Waals surface area (Å²) in [7, 11) is 0. The summed E-state index contributed by atoms with van der Waals surface area (Å²) in [5.74, 6) is 0.290. The van der Waals surface area contributed by atoms with Crippen molar-refractivity contribution < 1.29 is 4.79 Å². The summed E-state index contributed by atoms with van der Waals surface area (Å²) in [4.78, 5) is 12.4. The Balaban J connectivity index is 1.90. The van der Waals surface area contributed by atoms with Crippen molar-refractivity contribution in [3.05, 3.63) is 0 Å². The van der Waals surface area contributed by atoms with E-state index in [9.17, 15) is 4.79 Å². The van der Waals surface area contributed by atoms with Crippen LogP contribution in [0.25, 0.3) is 0 Å². The van der Waals surface area contributed by atoms with Crippen molar-refractivity contribution in [2.45, 2.75) is 70.9 Å². The average molecular weight is 238 g/mol. The standard InChI is InChI=1S/C14H26N2O/c1-11-12(7-6-10-15-11)16-13(17)14(2)8-4-3-5-9-14/h11-12,15H,3-10H2,1-2H3,(H,16,17). The minimum Gasteiger partial charge on any atom is -0.351 e. The topological polar surface area (TPSA) is 41.1 Å². The minimum atomic E-state index is -0.102. The molecule has 3 nitrogen and oxygen atoms in total. The predicted molar refractivity (Wildman–Crippen MR) is 69.8 cm³/mol. The Kier molecular flexibility index (Phi) is 4.08. The lowest BCUT2D eigenvalue weighted by atomic mass is 9.75. The quantitative estimate of drug-likeness (QED) is 0.774. The molecular weight excluding hydrogens is 212 g/mol. The Morgan fingerprint density at radius 1 is 1.24 bits per heavy atom. The molecule has 0 radical (unpaired) electrons. The van der Waals surface area contributed by atoms with Crippen LogP contribution in [0.5, 0.6) is 0 Å². The van der Waals surface area contributed by atoms with Crippen molar-refractivity contribution in [3.8, 4) is 0 Å². The Morgan fingerprint density at radius 3 is 2.59 bits per heavy atom. The first-order valence-corrected chi connectivity index (χ1v) is 7.16. The van der Waals surface area contributed by atoms with E-state index < -0.39 is 0 Å². The molecular formula is C14H26N2O. The van der Waals surface area contributed by atoms with Gasteiger partial charge in [-0.15, -0.1) is 0 Å². The molecule has 17 heavy (non-hydrogen) atoms. The first-order chi connectivity index (χ1) is 8.12. The number of carbonyl (C=O) groups is 1. The second kappa shape index (κ2) is 5.38. The van der Waals surface area contributed by atoms with Crippen LogP contribution in [0.1, 0.15) is 58.8 Å². The molecule has 2 unspecified atom stereocenters. The van der Waals surface area contributed by atoms with Gasteiger partial charge >= 0.3 is 0 Å². The maximum absolute atomic E-state index is 12.4. The van der Waals surface area contributed by atoms with E-state index in [1.807, 2.05) is 0 Å². The lowest BCUT2D eigenvalue weighted by Gasteiger charge is -2.37. The molecule has 0 bridgehead atoms. The maximum Gasteiger partial charge on any atom is 0.226 e. The third-order valence-electron chi connectivity index (χ3n) is 4.58. The van der Waals surface area contributed by atoms with Gasteiger partial charge < -0.3 is 10.6 Å². The molecule has 3 heteroatoms. The van der Waals surface area contributed by atoms with E-state index in [0.717, 1.165) is 25.8 Å². The normalized spacial score (nSPS) is 33.1. The van der Waals surface area contributed by atoms with Crippen LogP contribution in [0.15, 0.2) is 0 Å². The number of rotatable bonds is 2. The average Bonchev–Trinajstić information content (AvgIpc) is 2.33. The number of hydrogen-bond acceptors (Lipinski definition) is 2. The molecule has 0 spiro atoms. The fraction of sp³-hybridized carbons (Fsp3) is 0.929. The van der Waals surface area contributed by atoms with Crippen LogP contribution < -0.4 is 10.6 Å². The van der Waals surface area contributed by atoms with E-state index >= 15 is 0 Å². The number of hydrogen-bond donors (Lipinski definition) is 2. The van der Waals surface area contributed by atoms with Gasteiger partial charge in [0.05, 0.1) is 0 Å². The van der Waals surface area contributed by atoms with Gasteiger partial charge in [-0.25, -0.2) is 0 Å². The van der Waals surface area contributed by atoms with E-state index in [-0.39, 0.29) is 11.3 Å². The van der Waals surface area contributed by atoms with E-state index in [1.54, 1.807) is 0 Å². The van der Waals surface area contributed by atoms with Gasteiger partial charge in [0.25, 0.3) is 0 Å². The van der Waals surface area contributed by atoms with E-state index in [0.29, 0.717) is 12.1 Å². The van der Waals surface area contributed by atoms with Gasteiger partial charge in [0.2, 0.25) is 5.91 Å². The molecule has 2 atom stereocenters. The van der Waals surface area contributed by atoms with Gasteiger partial charge in [0.15, 0.2) is 0 Å². The first-order valence-electron chi connectivity index (χ1n) is 7.16. The molecule has 1 amide bonds. The highest BCUT2D eigenvalue weighted by molar-refractivity contribution is 5.82. The third-order valence-corrected chi connectivity index (χ3v) is 4.58. The highest BCUT2D eigenvalue weighted by Crippen LogP contribution is 2.36. The Hall–Kier alpha value is -0.570. The molecule has 0 aromatic heterocycles. The molecule has 1 aliphatic heterocycles. The summed E-state index contributed by atoms with van der Waals surface area (Å²) in [6.07, 6.45) is 8.14. The lowest BCUT2D eigenvalue weighted by Crippen LogP contribution is -2.55. The van der Waals surface area contributed by atoms with Crippen LogP contribution in [-0.2, 0) is 4.79 Å². The summed E-state index contributed by atoms with van der Waals surface area (Å²) in [6, 6.07) is 0.745. The van der Waals surface area contributed by atoms with E-state index in [1.165, 1.54) is 25.7 Å². The smallest absolute Gasteiger partial charge is 0.226 e. The van der Waals surface area contributed by atoms with Crippen LogP contribution >= 0.6 is 0 Å². The molecule has 1 aliphatic carbocycles. The maximum atomic E-state index is 12.4. The number of nitrogens with one attached hydrogen (secondary N) is 2. The summed E-state index contributed by atoms with van der Waals surface area (Å²) >= 11 is 0. The zero-order chi connectivity index (χ0) is 12.3. The second-order valence-electron chi connectivity index (χ2n) is 6.09. The zero-order valence-electron chi connectivity index (χ0n) is 11.2. The minimum absolute atomic E-state index is 0.102. The van der Waals surface area contributed by atoms with Crippen molar-refractivity contribution >= 4 is 5.91 Å². The molecule has 1 heterocycles. The highest BCUT2D eigenvalue weighted by atomic mass is 16.2. The van der Waals surface area contributed by atoms with Crippen LogP contribution in [0.2, 0.25) is 0 Å². The van der Waals surface area contributed by atoms with Crippen LogP contribution in [0, 0.1) is 5.41 Å². The van der Waals surface area contributed by atoms with Crippen molar-refractivity contribution in [3.63, 3.8) is 0 Å². The molecule has 0 aromatic rings. The van der Waals surface area contributed by atoms with Gasteiger partial charge in [-0.3, -0.25) is 4.79 Å². The molecule has 98 valence electrons. The summed E-state index contributed by atoms with van der Waals surface area (Å²) < 4.78 is 0. The van der Waals surface area contributed by atoms with E-state index in [4.69, 9.17) is 0 Å². The Morgan fingerprint density at radius 2 is 1.94 bits per heavy atom. The third kappa shape index (κ3) is 3.01. The zero-order valence-corrected chi connectivity index (χ0v) is 11.2. The number of amides is 1. The highest BCUT2D eigenvalue weighted by Gasteiger charge is 2.36. The molecule has 2 rings (SSSR count). The molecule has 1 saturated heterocycles. The Bertz CT molecular complexity index is 271. The largest absolute Gasteiger partial charge is 0.351 e. The van der Waals surface area contributed by atoms with Gasteiger partial charge in [-0.05, 0) is 39.2 Å². The Labute approximate surface area is 105 Å². The van der Waals surface area contributed by atoms with E-state index in [2.05, 4.69) is 24.5 Å².